The van der Waals surface area contributed by atoms with Gasteiger partial charge in [-0.3, -0.25) is 9.59 Å². The van der Waals surface area contributed by atoms with Crippen molar-refractivity contribution in [2.24, 2.45) is 5.16 Å². The highest BCUT2D eigenvalue weighted by Gasteiger charge is 2.40. The SMILES string of the molecule is CO/N=C1/CCc2ccc(N3C(=O)C4=C(CCCC4)C3=O)cc21. The average Bonchev–Trinajstić information content (AvgIpc) is 3.08. The zero-order valence-electron chi connectivity index (χ0n) is 13.1. The molecule has 0 radical (unpaired) electrons. The van der Waals surface area contributed by atoms with Crippen molar-refractivity contribution in [2.45, 2.75) is 38.5 Å². The number of imide groups is 1. The second kappa shape index (κ2) is 5.33. The number of oxime groups is 1. The maximum Gasteiger partial charge on any atom is 0.261 e. The molecule has 5 heteroatoms. The van der Waals surface area contributed by atoms with Gasteiger partial charge >= 0.3 is 0 Å². The van der Waals surface area contributed by atoms with Crippen LogP contribution >= 0.6 is 0 Å². The lowest BCUT2D eigenvalue weighted by Crippen LogP contribution is -2.31. The smallest absolute Gasteiger partial charge is 0.261 e. The topological polar surface area (TPSA) is 59.0 Å². The summed E-state index contributed by atoms with van der Waals surface area (Å²) in [5.74, 6) is -0.291. The second-order valence-electron chi connectivity index (χ2n) is 6.17. The molecule has 0 spiro atoms. The molecule has 118 valence electrons. The number of aryl methyl sites for hydroxylation is 1. The Balaban J connectivity index is 1.73. The van der Waals surface area contributed by atoms with Gasteiger partial charge in [-0.05, 0) is 56.2 Å². The van der Waals surface area contributed by atoms with Gasteiger partial charge in [-0.25, -0.2) is 4.90 Å². The van der Waals surface area contributed by atoms with Crippen LogP contribution in [0.4, 0.5) is 5.69 Å². The maximum absolute atomic E-state index is 12.7. The lowest BCUT2D eigenvalue weighted by molar-refractivity contribution is -0.120. The molecule has 0 N–H and O–H groups in total. The fraction of sp³-hybridized carbons (Fsp3) is 0.389. The van der Waals surface area contributed by atoms with E-state index >= 15 is 0 Å². The highest BCUT2D eigenvalue weighted by atomic mass is 16.6. The van der Waals surface area contributed by atoms with E-state index in [1.165, 1.54) is 17.6 Å². The van der Waals surface area contributed by atoms with Gasteiger partial charge in [0.1, 0.15) is 7.11 Å². The van der Waals surface area contributed by atoms with E-state index in [2.05, 4.69) is 5.16 Å². The molecule has 0 unspecified atom stereocenters. The summed E-state index contributed by atoms with van der Waals surface area (Å²) >= 11 is 0. The number of rotatable bonds is 2. The van der Waals surface area contributed by atoms with Crippen LogP contribution in [0.5, 0.6) is 0 Å². The van der Waals surface area contributed by atoms with E-state index < -0.39 is 0 Å². The number of anilines is 1. The zero-order valence-corrected chi connectivity index (χ0v) is 13.1. The average molecular weight is 310 g/mol. The van der Waals surface area contributed by atoms with E-state index in [9.17, 15) is 9.59 Å². The molecule has 1 heterocycles. The molecule has 1 aliphatic heterocycles. The number of amides is 2. The third-order valence-electron chi connectivity index (χ3n) is 4.89. The van der Waals surface area contributed by atoms with Crippen LogP contribution in [0.3, 0.4) is 0 Å². The van der Waals surface area contributed by atoms with Gasteiger partial charge in [0.15, 0.2) is 0 Å². The van der Waals surface area contributed by atoms with Crippen molar-refractivity contribution in [3.63, 3.8) is 0 Å². The van der Waals surface area contributed by atoms with Crippen LogP contribution in [-0.2, 0) is 20.8 Å². The second-order valence-corrected chi connectivity index (χ2v) is 6.17. The Morgan fingerprint density at radius 3 is 2.35 bits per heavy atom. The summed E-state index contributed by atoms with van der Waals surface area (Å²) in [7, 11) is 1.53. The summed E-state index contributed by atoms with van der Waals surface area (Å²) in [6, 6.07) is 5.75. The quantitative estimate of drug-likeness (QED) is 0.623. The van der Waals surface area contributed by atoms with Gasteiger partial charge in [0.2, 0.25) is 0 Å². The number of hydrogen-bond acceptors (Lipinski definition) is 4. The normalized spacial score (nSPS) is 22.0. The largest absolute Gasteiger partial charge is 0.399 e. The fourth-order valence-electron chi connectivity index (χ4n) is 3.76. The van der Waals surface area contributed by atoms with E-state index in [0.717, 1.165) is 49.8 Å². The Morgan fingerprint density at radius 2 is 1.70 bits per heavy atom. The molecule has 2 aliphatic carbocycles. The van der Waals surface area contributed by atoms with E-state index in [0.29, 0.717) is 16.8 Å². The lowest BCUT2D eigenvalue weighted by Gasteiger charge is -2.16. The minimum absolute atomic E-state index is 0.145. The number of nitrogens with zero attached hydrogens (tertiary/aromatic N) is 2. The van der Waals surface area contributed by atoms with Gasteiger partial charge in [-0.2, -0.15) is 0 Å². The van der Waals surface area contributed by atoms with Crippen molar-refractivity contribution >= 4 is 23.2 Å². The highest BCUT2D eigenvalue weighted by Crippen LogP contribution is 2.37. The van der Waals surface area contributed by atoms with Gasteiger partial charge in [-0.1, -0.05) is 11.2 Å². The first-order valence-corrected chi connectivity index (χ1v) is 8.05. The van der Waals surface area contributed by atoms with Gasteiger partial charge in [0.05, 0.1) is 11.4 Å². The number of benzene rings is 1. The predicted molar refractivity (Wildman–Crippen MR) is 86.3 cm³/mol. The summed E-state index contributed by atoms with van der Waals surface area (Å²) in [4.78, 5) is 31.5. The Morgan fingerprint density at radius 1 is 1.00 bits per heavy atom. The highest BCUT2D eigenvalue weighted by molar-refractivity contribution is 6.33. The Bertz CT molecular complexity index is 748. The van der Waals surface area contributed by atoms with Gasteiger partial charge < -0.3 is 4.84 Å². The first kappa shape index (κ1) is 14.2. The molecule has 4 rings (SSSR count). The molecule has 1 aromatic rings. The van der Waals surface area contributed by atoms with Crippen LogP contribution < -0.4 is 4.90 Å². The molecule has 5 nitrogen and oxygen atoms in total. The van der Waals surface area contributed by atoms with Crippen molar-refractivity contribution in [3.8, 4) is 0 Å². The first-order chi connectivity index (χ1) is 11.2. The third-order valence-corrected chi connectivity index (χ3v) is 4.89. The van der Waals surface area contributed by atoms with Crippen LogP contribution in [0, 0.1) is 0 Å². The number of hydrogen-bond donors (Lipinski definition) is 0. The van der Waals surface area contributed by atoms with Crippen LogP contribution in [0.1, 0.15) is 43.2 Å². The van der Waals surface area contributed by atoms with Crippen molar-refractivity contribution < 1.29 is 14.4 Å². The molecule has 1 aromatic carbocycles. The van der Waals surface area contributed by atoms with E-state index in [4.69, 9.17) is 4.84 Å². The molecule has 0 atom stereocenters. The van der Waals surface area contributed by atoms with E-state index in [1.54, 1.807) is 0 Å². The molecule has 0 bridgehead atoms. The minimum atomic E-state index is -0.145. The molecular weight excluding hydrogens is 292 g/mol. The molecule has 0 saturated carbocycles. The van der Waals surface area contributed by atoms with Crippen LogP contribution in [0.15, 0.2) is 34.5 Å². The van der Waals surface area contributed by atoms with Crippen LogP contribution in [0.25, 0.3) is 0 Å². The van der Waals surface area contributed by atoms with Crippen molar-refractivity contribution in [1.82, 2.24) is 0 Å². The summed E-state index contributed by atoms with van der Waals surface area (Å²) < 4.78 is 0. The minimum Gasteiger partial charge on any atom is -0.399 e. The van der Waals surface area contributed by atoms with Gasteiger partial charge in [-0.15, -0.1) is 0 Å². The standard InChI is InChI=1S/C18H18N2O3/c1-23-19-16-9-7-11-6-8-12(10-15(11)16)20-17(21)13-4-2-3-5-14(13)18(20)22/h6,8,10H,2-5,7,9H2,1H3/b19-16-. The Labute approximate surface area is 134 Å². The van der Waals surface area contributed by atoms with Crippen LogP contribution in [0.2, 0.25) is 0 Å². The van der Waals surface area contributed by atoms with Crippen molar-refractivity contribution in [2.75, 3.05) is 12.0 Å². The summed E-state index contributed by atoms with van der Waals surface area (Å²) in [6.07, 6.45) is 5.15. The van der Waals surface area contributed by atoms with E-state index in [-0.39, 0.29) is 11.8 Å². The van der Waals surface area contributed by atoms with E-state index in [1.807, 2.05) is 18.2 Å². The zero-order chi connectivity index (χ0) is 16.0. The maximum atomic E-state index is 12.7. The predicted octanol–water partition coefficient (Wildman–Crippen LogP) is 2.73. The molecular formula is C18H18N2O3. The first-order valence-electron chi connectivity index (χ1n) is 8.05. The van der Waals surface area contributed by atoms with Gasteiger partial charge in [0.25, 0.3) is 11.8 Å². The molecule has 23 heavy (non-hydrogen) atoms. The molecule has 0 saturated heterocycles. The van der Waals surface area contributed by atoms with Crippen molar-refractivity contribution in [1.29, 1.82) is 0 Å². The van der Waals surface area contributed by atoms with Gasteiger partial charge in [0, 0.05) is 16.7 Å². The summed E-state index contributed by atoms with van der Waals surface area (Å²) in [6.45, 7) is 0. The fourth-order valence-corrected chi connectivity index (χ4v) is 3.76. The molecule has 2 amide bonds. The molecule has 0 aromatic heterocycles. The third kappa shape index (κ3) is 2.11. The van der Waals surface area contributed by atoms with Crippen molar-refractivity contribution in [3.05, 3.63) is 40.5 Å². The number of carbonyl (C=O) groups excluding carboxylic acids is 2. The summed E-state index contributed by atoms with van der Waals surface area (Å²) in [5.41, 5.74) is 5.11. The molecule has 0 fully saturated rings. The Hall–Kier alpha value is -2.43. The lowest BCUT2D eigenvalue weighted by atomic mass is 9.93. The Kier molecular flexibility index (Phi) is 3.29. The monoisotopic (exact) mass is 310 g/mol. The van der Waals surface area contributed by atoms with Crippen LogP contribution in [-0.4, -0.2) is 24.6 Å². The summed E-state index contributed by atoms with van der Waals surface area (Å²) in [5, 5.41) is 4.06. The number of fused-ring (bicyclic) bond motifs is 1. The molecule has 3 aliphatic rings. The number of carbonyl (C=O) groups is 2.